The minimum absolute atomic E-state index is 0.0749. The van der Waals surface area contributed by atoms with Crippen LogP contribution in [-0.2, 0) is 19.1 Å². The molecular formula is C23H30O4S. The van der Waals surface area contributed by atoms with Crippen molar-refractivity contribution in [1.29, 1.82) is 0 Å². The van der Waals surface area contributed by atoms with E-state index in [1.807, 2.05) is 6.08 Å². The van der Waals surface area contributed by atoms with Gasteiger partial charge in [-0.2, -0.15) is 0 Å². The molecule has 6 atom stereocenters. The fourth-order valence-electron chi connectivity index (χ4n) is 7.03. The maximum absolute atomic E-state index is 12.7. The molecule has 0 saturated heterocycles. The van der Waals surface area contributed by atoms with Crippen molar-refractivity contribution in [2.24, 2.45) is 28.6 Å². The first-order chi connectivity index (χ1) is 13.2. The van der Waals surface area contributed by atoms with Crippen LogP contribution in [0.2, 0.25) is 0 Å². The summed E-state index contributed by atoms with van der Waals surface area (Å²) < 4.78 is 5.87. The Bertz CT molecular complexity index is 798. The molecule has 0 amide bonds. The van der Waals surface area contributed by atoms with E-state index in [0.717, 1.165) is 32.1 Å². The van der Waals surface area contributed by atoms with Gasteiger partial charge in [-0.25, -0.2) is 0 Å². The van der Waals surface area contributed by atoms with Gasteiger partial charge in [0.2, 0.25) is 5.12 Å². The molecule has 152 valence electrons. The highest BCUT2D eigenvalue weighted by Gasteiger charge is 2.68. The van der Waals surface area contributed by atoms with Gasteiger partial charge in [0.1, 0.15) is 0 Å². The van der Waals surface area contributed by atoms with E-state index in [1.54, 1.807) is 13.0 Å². The van der Waals surface area contributed by atoms with E-state index in [2.05, 4.69) is 32.6 Å². The summed E-state index contributed by atoms with van der Waals surface area (Å²) >= 11 is 4.21. The Labute approximate surface area is 172 Å². The van der Waals surface area contributed by atoms with Crippen LogP contribution >= 0.6 is 12.6 Å². The smallest absolute Gasteiger partial charge is 0.306 e. The van der Waals surface area contributed by atoms with E-state index in [4.69, 9.17) is 4.74 Å². The second-order valence-corrected chi connectivity index (χ2v) is 9.96. The molecule has 4 nitrogen and oxygen atoms in total. The van der Waals surface area contributed by atoms with Crippen molar-refractivity contribution in [2.45, 2.75) is 71.3 Å². The van der Waals surface area contributed by atoms with Crippen LogP contribution in [0.15, 0.2) is 23.8 Å². The van der Waals surface area contributed by atoms with Gasteiger partial charge in [-0.3, -0.25) is 14.4 Å². The number of esters is 1. The lowest BCUT2D eigenvalue weighted by Crippen LogP contribution is -2.58. The van der Waals surface area contributed by atoms with E-state index in [9.17, 15) is 14.4 Å². The summed E-state index contributed by atoms with van der Waals surface area (Å²) in [6, 6.07) is 0. The maximum Gasteiger partial charge on any atom is 0.306 e. The summed E-state index contributed by atoms with van der Waals surface area (Å²) in [5.41, 5.74) is -0.288. The lowest BCUT2D eigenvalue weighted by atomic mass is 9.47. The van der Waals surface area contributed by atoms with Gasteiger partial charge in [0.15, 0.2) is 11.4 Å². The molecule has 0 bridgehead atoms. The molecule has 0 heterocycles. The van der Waals surface area contributed by atoms with Gasteiger partial charge in [0.25, 0.3) is 0 Å². The topological polar surface area (TPSA) is 60.4 Å². The first-order valence-corrected chi connectivity index (χ1v) is 11.0. The van der Waals surface area contributed by atoms with Crippen LogP contribution in [0.5, 0.6) is 0 Å². The first-order valence-electron chi connectivity index (χ1n) is 10.6. The molecule has 28 heavy (non-hydrogen) atoms. The molecule has 4 aliphatic rings. The third kappa shape index (κ3) is 2.54. The number of thiol groups is 1. The second kappa shape index (κ2) is 6.58. The zero-order valence-corrected chi connectivity index (χ0v) is 17.9. The van der Waals surface area contributed by atoms with E-state index >= 15 is 0 Å². The fraction of sp³-hybridized carbons (Fsp3) is 0.696. The summed E-state index contributed by atoms with van der Waals surface area (Å²) in [4.78, 5) is 36.8. The molecule has 0 radical (unpaired) electrons. The van der Waals surface area contributed by atoms with Crippen molar-refractivity contribution < 1.29 is 19.1 Å². The van der Waals surface area contributed by atoms with Crippen molar-refractivity contribution >= 4 is 29.5 Å². The van der Waals surface area contributed by atoms with Gasteiger partial charge in [0, 0.05) is 17.3 Å². The molecule has 4 rings (SSSR count). The molecule has 5 heteroatoms. The first kappa shape index (κ1) is 19.9. The maximum atomic E-state index is 12.7. The van der Waals surface area contributed by atoms with Crippen molar-refractivity contribution in [3.63, 3.8) is 0 Å². The molecule has 0 aromatic rings. The molecule has 0 N–H and O–H groups in total. The molecule has 0 aliphatic heterocycles. The van der Waals surface area contributed by atoms with Crippen molar-refractivity contribution in [2.75, 3.05) is 0 Å². The Morgan fingerprint density at radius 2 is 1.89 bits per heavy atom. The molecule has 3 saturated carbocycles. The van der Waals surface area contributed by atoms with Gasteiger partial charge in [-0.1, -0.05) is 32.4 Å². The highest BCUT2D eigenvalue weighted by molar-refractivity contribution is 7.96. The number of allylic oxidation sites excluding steroid dienone is 4. The normalized spacial score (nSPS) is 44.2. The highest BCUT2D eigenvalue weighted by Crippen LogP contribution is 2.68. The molecule has 0 unspecified atom stereocenters. The zero-order chi connectivity index (χ0) is 20.3. The van der Waals surface area contributed by atoms with Crippen LogP contribution in [0.3, 0.4) is 0 Å². The molecule has 0 spiro atoms. The van der Waals surface area contributed by atoms with Crippen LogP contribution in [0, 0.1) is 28.6 Å². The van der Waals surface area contributed by atoms with Gasteiger partial charge < -0.3 is 4.74 Å². The number of carbonyl (C=O) groups is 3. The SMILES string of the molecule is CCC(=O)O[C@]1(C(=O)S)CC[C@H]2[C@@H]3CCC4=CC(=O)C=C[C@]4(C)[C@H]3CC[C@@]21C. The summed E-state index contributed by atoms with van der Waals surface area (Å²) in [6.45, 7) is 6.17. The van der Waals surface area contributed by atoms with E-state index in [-0.39, 0.29) is 34.1 Å². The lowest BCUT2D eigenvalue weighted by Gasteiger charge is -2.58. The molecule has 3 fully saturated rings. The quantitative estimate of drug-likeness (QED) is 0.560. The average Bonchev–Trinajstić information content (AvgIpc) is 2.95. The zero-order valence-electron chi connectivity index (χ0n) is 17.0. The number of carbonyl (C=O) groups excluding carboxylic acids is 3. The molecule has 0 aromatic carbocycles. The Kier molecular flexibility index (Phi) is 4.68. The largest absolute Gasteiger partial charge is 0.449 e. The van der Waals surface area contributed by atoms with Gasteiger partial charge in [-0.15, -0.1) is 12.6 Å². The number of ketones is 1. The average molecular weight is 403 g/mol. The van der Waals surface area contributed by atoms with Crippen molar-refractivity contribution in [1.82, 2.24) is 0 Å². The van der Waals surface area contributed by atoms with Crippen molar-refractivity contribution in [3.05, 3.63) is 23.8 Å². The standard InChI is InChI=1S/C23H30O4S/c1-4-19(25)27-23(20(26)28)12-9-18-16-6-5-14-13-15(24)7-10-21(14,2)17(16)8-11-22(18,23)3/h7,10,13,16-18H,4-6,8-9,11-12H2,1-3H3,(H,26,28)/t16-,17+,18+,21+,22+,23+/m1/s1. The monoisotopic (exact) mass is 402 g/mol. The predicted molar refractivity (Wildman–Crippen MR) is 110 cm³/mol. The Morgan fingerprint density at radius 3 is 2.57 bits per heavy atom. The summed E-state index contributed by atoms with van der Waals surface area (Å²) in [5, 5.41) is -0.302. The van der Waals surface area contributed by atoms with Crippen LogP contribution < -0.4 is 0 Å². The minimum atomic E-state index is -1.10. The third-order valence-corrected chi connectivity index (χ3v) is 8.96. The van der Waals surface area contributed by atoms with Gasteiger partial charge >= 0.3 is 5.97 Å². The number of ether oxygens (including phenoxy) is 1. The molecular weight excluding hydrogens is 372 g/mol. The Balaban J connectivity index is 1.70. The van der Waals surface area contributed by atoms with Crippen LogP contribution in [0.1, 0.15) is 65.7 Å². The number of hydrogen-bond acceptors (Lipinski definition) is 4. The number of fused-ring (bicyclic) bond motifs is 5. The van der Waals surface area contributed by atoms with Crippen LogP contribution in [0.4, 0.5) is 0 Å². The lowest BCUT2D eigenvalue weighted by molar-refractivity contribution is -0.184. The Hall–Kier alpha value is -1.36. The summed E-state index contributed by atoms with van der Waals surface area (Å²) in [7, 11) is 0. The van der Waals surface area contributed by atoms with Crippen LogP contribution in [-0.4, -0.2) is 22.5 Å². The molecule has 0 aromatic heterocycles. The predicted octanol–water partition coefficient (Wildman–Crippen LogP) is 4.44. The minimum Gasteiger partial charge on any atom is -0.449 e. The van der Waals surface area contributed by atoms with E-state index in [1.165, 1.54) is 5.57 Å². The summed E-state index contributed by atoms with van der Waals surface area (Å²) in [6.07, 6.45) is 11.2. The summed E-state index contributed by atoms with van der Waals surface area (Å²) in [5.74, 6) is 1.03. The number of rotatable bonds is 3. The Morgan fingerprint density at radius 1 is 1.18 bits per heavy atom. The van der Waals surface area contributed by atoms with Gasteiger partial charge in [-0.05, 0) is 68.4 Å². The van der Waals surface area contributed by atoms with E-state index in [0.29, 0.717) is 24.2 Å². The molecule has 4 aliphatic carbocycles. The highest BCUT2D eigenvalue weighted by atomic mass is 32.1. The second-order valence-electron chi connectivity index (χ2n) is 9.56. The van der Waals surface area contributed by atoms with E-state index < -0.39 is 5.60 Å². The van der Waals surface area contributed by atoms with Crippen LogP contribution in [0.25, 0.3) is 0 Å². The third-order valence-electron chi connectivity index (χ3n) is 8.60. The fourth-order valence-corrected chi connectivity index (χ4v) is 7.44. The number of hydrogen-bond donors (Lipinski definition) is 1. The van der Waals surface area contributed by atoms with Crippen molar-refractivity contribution in [3.8, 4) is 0 Å². The van der Waals surface area contributed by atoms with Gasteiger partial charge in [0.05, 0.1) is 0 Å².